The van der Waals surface area contributed by atoms with Gasteiger partial charge in [-0.2, -0.15) is 0 Å². The number of fused-ring (bicyclic) bond motifs is 1. The highest BCUT2D eigenvalue weighted by Crippen LogP contribution is 2.21. The fraction of sp³-hybridized carbons (Fsp3) is 0.118. The highest BCUT2D eigenvalue weighted by Gasteiger charge is 2.19. The Morgan fingerprint density at radius 3 is 2.50 bits per heavy atom. The minimum atomic E-state index is -0.510. The first kappa shape index (κ1) is 16.0. The van der Waals surface area contributed by atoms with Gasteiger partial charge in [-0.15, -0.1) is 13.2 Å². The Balaban J connectivity index is 2.51. The number of allylic oxidation sites excluding steroid dienone is 2. The summed E-state index contributed by atoms with van der Waals surface area (Å²) in [5, 5.41) is 0.392. The summed E-state index contributed by atoms with van der Waals surface area (Å²) in [6.45, 7) is 7.79. The van der Waals surface area contributed by atoms with Crippen molar-refractivity contribution in [2.24, 2.45) is 0 Å². The molecule has 0 atom stereocenters. The van der Waals surface area contributed by atoms with Gasteiger partial charge < -0.3 is 4.57 Å². The average molecular weight is 343 g/mol. The van der Waals surface area contributed by atoms with Crippen LogP contribution in [0.3, 0.4) is 0 Å². The van der Waals surface area contributed by atoms with E-state index in [1.807, 2.05) is 0 Å². The van der Waals surface area contributed by atoms with Gasteiger partial charge in [0, 0.05) is 13.1 Å². The van der Waals surface area contributed by atoms with E-state index < -0.39 is 11.2 Å². The third-order valence-electron chi connectivity index (χ3n) is 3.63. The van der Waals surface area contributed by atoms with Crippen LogP contribution in [0.2, 0.25) is 5.02 Å². The van der Waals surface area contributed by atoms with E-state index in [1.54, 1.807) is 34.9 Å². The van der Waals surface area contributed by atoms with Gasteiger partial charge in [0.15, 0.2) is 11.2 Å². The van der Waals surface area contributed by atoms with Crippen molar-refractivity contribution >= 4 is 22.8 Å². The van der Waals surface area contributed by atoms with Gasteiger partial charge in [-0.05, 0) is 12.1 Å². The molecule has 6 nitrogen and oxygen atoms in total. The van der Waals surface area contributed by atoms with Gasteiger partial charge in [-0.3, -0.25) is 9.36 Å². The molecule has 0 bridgehead atoms. The minimum Gasteiger partial charge on any atom is -0.321 e. The van der Waals surface area contributed by atoms with Crippen LogP contribution in [0.15, 0.2) is 65.5 Å². The van der Waals surface area contributed by atoms with Gasteiger partial charge in [-0.25, -0.2) is 14.3 Å². The summed E-state index contributed by atoms with van der Waals surface area (Å²) in [5.74, 6) is 0. The summed E-state index contributed by atoms with van der Waals surface area (Å²) >= 11 is 6.25. The molecule has 0 unspecified atom stereocenters. The number of hydrogen-bond donors (Lipinski definition) is 0. The van der Waals surface area contributed by atoms with Crippen molar-refractivity contribution in [2.75, 3.05) is 0 Å². The van der Waals surface area contributed by atoms with E-state index in [2.05, 4.69) is 18.1 Å². The topological polar surface area (TPSA) is 61.8 Å². The maximum Gasteiger partial charge on any atom is 0.337 e. The average Bonchev–Trinajstić information content (AvgIpc) is 2.97. The quantitative estimate of drug-likeness (QED) is 0.669. The molecule has 0 N–H and O–H groups in total. The molecular formula is C17H15ClN4O2. The zero-order valence-corrected chi connectivity index (χ0v) is 13.6. The number of hydrogen-bond acceptors (Lipinski definition) is 3. The molecule has 0 amide bonds. The first-order valence-electron chi connectivity index (χ1n) is 7.27. The van der Waals surface area contributed by atoms with Gasteiger partial charge in [0.1, 0.15) is 0 Å². The van der Waals surface area contributed by atoms with Crippen molar-refractivity contribution in [3.63, 3.8) is 0 Å². The maximum atomic E-state index is 12.9. The molecule has 2 aromatic heterocycles. The van der Waals surface area contributed by atoms with Crippen LogP contribution in [0.1, 0.15) is 0 Å². The molecule has 1 aromatic carbocycles. The van der Waals surface area contributed by atoms with E-state index in [-0.39, 0.29) is 12.2 Å². The van der Waals surface area contributed by atoms with Gasteiger partial charge in [0.2, 0.25) is 0 Å². The summed E-state index contributed by atoms with van der Waals surface area (Å²) in [6, 6.07) is 6.92. The van der Waals surface area contributed by atoms with Crippen LogP contribution in [0.25, 0.3) is 16.9 Å². The third-order valence-corrected chi connectivity index (χ3v) is 3.95. The first-order valence-corrected chi connectivity index (χ1v) is 7.65. The molecular weight excluding hydrogens is 328 g/mol. The predicted molar refractivity (Wildman–Crippen MR) is 95.0 cm³/mol. The molecule has 0 spiro atoms. The first-order chi connectivity index (χ1) is 11.6. The van der Waals surface area contributed by atoms with Crippen molar-refractivity contribution in [1.29, 1.82) is 0 Å². The molecule has 3 aromatic rings. The van der Waals surface area contributed by atoms with Crippen LogP contribution < -0.4 is 11.2 Å². The molecule has 0 aliphatic rings. The fourth-order valence-electron chi connectivity index (χ4n) is 2.60. The standard InChI is InChI=1S/C17H15ClN4O2/c1-3-9-20-11-19-15-14(20)16(23)21(10-4-2)17(24)22(15)13-8-6-5-7-12(13)18/h3-8,11H,1-2,9-10H2. The van der Waals surface area contributed by atoms with Gasteiger partial charge >= 0.3 is 5.69 Å². The zero-order chi connectivity index (χ0) is 17.3. The summed E-state index contributed by atoms with van der Waals surface area (Å²) in [6.07, 6.45) is 4.67. The van der Waals surface area contributed by atoms with Crippen LogP contribution in [0.5, 0.6) is 0 Å². The summed E-state index contributed by atoms with van der Waals surface area (Å²) in [5.41, 5.74) is 0.120. The number of para-hydroxylation sites is 1. The molecule has 2 heterocycles. The molecule has 0 saturated heterocycles. The Kier molecular flexibility index (Phi) is 4.22. The van der Waals surface area contributed by atoms with E-state index in [0.29, 0.717) is 22.8 Å². The van der Waals surface area contributed by atoms with E-state index in [9.17, 15) is 9.59 Å². The number of rotatable bonds is 5. The molecule has 122 valence electrons. The van der Waals surface area contributed by atoms with E-state index in [0.717, 1.165) is 4.57 Å². The van der Waals surface area contributed by atoms with Crippen molar-refractivity contribution in [1.82, 2.24) is 18.7 Å². The van der Waals surface area contributed by atoms with Crippen LogP contribution in [-0.4, -0.2) is 18.7 Å². The van der Waals surface area contributed by atoms with Crippen LogP contribution >= 0.6 is 11.6 Å². The highest BCUT2D eigenvalue weighted by atomic mass is 35.5. The van der Waals surface area contributed by atoms with Crippen molar-refractivity contribution in [3.8, 4) is 5.69 Å². The summed E-state index contributed by atoms with van der Waals surface area (Å²) in [4.78, 5) is 29.9. The monoisotopic (exact) mass is 342 g/mol. The lowest BCUT2D eigenvalue weighted by Crippen LogP contribution is -2.39. The Bertz CT molecular complexity index is 1060. The lowest BCUT2D eigenvalue weighted by molar-refractivity contribution is 0.691. The SMILES string of the molecule is C=CCn1c(=O)c2c(ncn2CC=C)n(-c2ccccc2Cl)c1=O. The largest absolute Gasteiger partial charge is 0.337 e. The van der Waals surface area contributed by atoms with Crippen molar-refractivity contribution < 1.29 is 0 Å². The lowest BCUT2D eigenvalue weighted by atomic mass is 10.3. The lowest BCUT2D eigenvalue weighted by Gasteiger charge is -2.12. The Morgan fingerprint density at radius 1 is 1.12 bits per heavy atom. The minimum absolute atomic E-state index is 0.0946. The van der Waals surface area contributed by atoms with Gasteiger partial charge in [0.05, 0.1) is 17.0 Å². The maximum absolute atomic E-state index is 12.9. The summed E-state index contributed by atoms with van der Waals surface area (Å²) in [7, 11) is 0. The van der Waals surface area contributed by atoms with Gasteiger partial charge in [0.25, 0.3) is 5.56 Å². The molecule has 7 heteroatoms. The zero-order valence-electron chi connectivity index (χ0n) is 12.9. The van der Waals surface area contributed by atoms with E-state index in [4.69, 9.17) is 11.6 Å². The number of nitrogens with zero attached hydrogens (tertiary/aromatic N) is 4. The van der Waals surface area contributed by atoms with Crippen molar-refractivity contribution in [2.45, 2.75) is 13.1 Å². The highest BCUT2D eigenvalue weighted by molar-refractivity contribution is 6.32. The van der Waals surface area contributed by atoms with E-state index >= 15 is 0 Å². The summed E-state index contributed by atoms with van der Waals surface area (Å²) < 4.78 is 4.11. The molecule has 0 radical (unpaired) electrons. The molecule has 3 rings (SSSR count). The second-order valence-electron chi connectivity index (χ2n) is 5.13. The predicted octanol–water partition coefficient (Wildman–Crippen LogP) is 2.37. The van der Waals surface area contributed by atoms with Crippen molar-refractivity contribution in [3.05, 3.63) is 81.8 Å². The molecule has 0 fully saturated rings. The fourth-order valence-corrected chi connectivity index (χ4v) is 2.82. The second kappa shape index (κ2) is 6.33. The Hall–Kier alpha value is -2.86. The Labute approximate surface area is 142 Å². The number of aromatic nitrogens is 4. The normalized spacial score (nSPS) is 10.9. The second-order valence-corrected chi connectivity index (χ2v) is 5.54. The van der Waals surface area contributed by atoms with E-state index in [1.165, 1.54) is 17.0 Å². The molecule has 0 saturated carbocycles. The number of benzene rings is 1. The van der Waals surface area contributed by atoms with Crippen LogP contribution in [-0.2, 0) is 13.1 Å². The van der Waals surface area contributed by atoms with Crippen LogP contribution in [0.4, 0.5) is 0 Å². The number of halogens is 1. The van der Waals surface area contributed by atoms with Gasteiger partial charge in [-0.1, -0.05) is 35.9 Å². The molecule has 0 aliphatic carbocycles. The Morgan fingerprint density at radius 2 is 1.83 bits per heavy atom. The third kappa shape index (κ3) is 2.41. The van der Waals surface area contributed by atoms with Crippen LogP contribution in [0, 0.1) is 0 Å². The molecule has 24 heavy (non-hydrogen) atoms. The number of imidazole rings is 1. The smallest absolute Gasteiger partial charge is 0.321 e. The molecule has 0 aliphatic heterocycles.